The lowest BCUT2D eigenvalue weighted by molar-refractivity contribution is -0.138. The Bertz CT molecular complexity index is 182. The van der Waals surface area contributed by atoms with E-state index in [1.165, 1.54) is 0 Å². The quantitative estimate of drug-likeness (QED) is 0.568. The van der Waals surface area contributed by atoms with Crippen molar-refractivity contribution >= 4 is 5.97 Å². The van der Waals surface area contributed by atoms with Gasteiger partial charge in [-0.3, -0.25) is 0 Å². The van der Waals surface area contributed by atoms with Crippen LogP contribution >= 0.6 is 0 Å². The van der Waals surface area contributed by atoms with E-state index in [1.54, 1.807) is 0 Å². The highest BCUT2D eigenvalue weighted by atomic mass is 16.5. The fourth-order valence-corrected chi connectivity index (χ4v) is 1.29. The van der Waals surface area contributed by atoms with Gasteiger partial charge in [0.05, 0.1) is 6.61 Å². The summed E-state index contributed by atoms with van der Waals surface area (Å²) in [4.78, 5) is 11.1. The van der Waals surface area contributed by atoms with Gasteiger partial charge in [0.1, 0.15) is 0 Å². The van der Waals surface area contributed by atoms with Crippen LogP contribution in [-0.2, 0) is 9.53 Å². The van der Waals surface area contributed by atoms with E-state index in [0.29, 0.717) is 12.5 Å². The first-order valence-electron chi connectivity index (χ1n) is 4.12. The van der Waals surface area contributed by atoms with Gasteiger partial charge in [0, 0.05) is 5.57 Å². The maximum atomic E-state index is 11.1. The third-order valence-corrected chi connectivity index (χ3v) is 1.89. The second-order valence-corrected chi connectivity index (χ2v) is 2.93. The number of allylic oxidation sites excluding steroid dienone is 1. The van der Waals surface area contributed by atoms with E-state index in [9.17, 15) is 4.79 Å². The number of ether oxygens (including phenoxy) is 1. The SMILES string of the molecule is CCOC(=O)C1=C[C@H](C)CC1. The molecule has 0 aromatic heterocycles. The van der Waals surface area contributed by atoms with Crippen molar-refractivity contribution in [2.45, 2.75) is 26.7 Å². The highest BCUT2D eigenvalue weighted by molar-refractivity contribution is 5.88. The Labute approximate surface area is 67.2 Å². The molecular weight excluding hydrogens is 140 g/mol. The van der Waals surface area contributed by atoms with Gasteiger partial charge in [-0.2, -0.15) is 0 Å². The van der Waals surface area contributed by atoms with Crippen molar-refractivity contribution in [2.75, 3.05) is 6.61 Å². The Morgan fingerprint density at radius 3 is 3.00 bits per heavy atom. The molecule has 1 aliphatic carbocycles. The summed E-state index contributed by atoms with van der Waals surface area (Å²) in [7, 11) is 0. The van der Waals surface area contributed by atoms with Gasteiger partial charge in [-0.05, 0) is 25.7 Å². The molecule has 2 heteroatoms. The van der Waals surface area contributed by atoms with Crippen LogP contribution in [-0.4, -0.2) is 12.6 Å². The van der Waals surface area contributed by atoms with E-state index in [1.807, 2.05) is 13.0 Å². The number of esters is 1. The van der Waals surface area contributed by atoms with Crippen LogP contribution in [0.15, 0.2) is 11.6 Å². The molecule has 0 aliphatic heterocycles. The van der Waals surface area contributed by atoms with Crippen molar-refractivity contribution in [2.24, 2.45) is 5.92 Å². The zero-order valence-electron chi connectivity index (χ0n) is 7.09. The molecule has 0 bridgehead atoms. The van der Waals surface area contributed by atoms with Gasteiger partial charge >= 0.3 is 5.97 Å². The van der Waals surface area contributed by atoms with Crippen LogP contribution in [0.5, 0.6) is 0 Å². The molecule has 0 aromatic rings. The number of hydrogen-bond acceptors (Lipinski definition) is 2. The van der Waals surface area contributed by atoms with Gasteiger partial charge in [0.2, 0.25) is 0 Å². The topological polar surface area (TPSA) is 26.3 Å². The maximum absolute atomic E-state index is 11.1. The Morgan fingerprint density at radius 1 is 1.82 bits per heavy atom. The molecule has 2 nitrogen and oxygen atoms in total. The molecule has 1 aliphatic rings. The number of carbonyl (C=O) groups excluding carboxylic acids is 1. The zero-order chi connectivity index (χ0) is 8.27. The fourth-order valence-electron chi connectivity index (χ4n) is 1.29. The summed E-state index contributed by atoms with van der Waals surface area (Å²) in [5.41, 5.74) is 0.861. The second kappa shape index (κ2) is 3.56. The van der Waals surface area contributed by atoms with E-state index in [0.717, 1.165) is 18.4 Å². The Morgan fingerprint density at radius 2 is 2.55 bits per heavy atom. The summed E-state index contributed by atoms with van der Waals surface area (Å²) in [5, 5.41) is 0. The fraction of sp³-hybridized carbons (Fsp3) is 0.667. The third kappa shape index (κ3) is 2.07. The van der Waals surface area contributed by atoms with Gasteiger partial charge in [-0.25, -0.2) is 4.79 Å². The van der Waals surface area contributed by atoms with Gasteiger partial charge in [0.25, 0.3) is 0 Å². The van der Waals surface area contributed by atoms with Gasteiger partial charge in [-0.15, -0.1) is 0 Å². The standard InChI is InChI=1S/C9H14O2/c1-3-11-9(10)8-5-4-7(2)6-8/h6-7H,3-5H2,1-2H3/t7-/m1/s1. The number of rotatable bonds is 2. The summed E-state index contributed by atoms with van der Waals surface area (Å²) < 4.78 is 4.87. The smallest absolute Gasteiger partial charge is 0.333 e. The second-order valence-electron chi connectivity index (χ2n) is 2.93. The predicted molar refractivity (Wildman–Crippen MR) is 43.1 cm³/mol. The minimum absolute atomic E-state index is 0.128. The van der Waals surface area contributed by atoms with E-state index in [4.69, 9.17) is 4.74 Å². The van der Waals surface area contributed by atoms with Crippen LogP contribution in [0.2, 0.25) is 0 Å². The number of carbonyl (C=O) groups is 1. The minimum Gasteiger partial charge on any atom is -0.463 e. The molecular formula is C9H14O2. The van der Waals surface area contributed by atoms with Crippen molar-refractivity contribution in [1.29, 1.82) is 0 Å². The summed E-state index contributed by atoms with van der Waals surface area (Å²) in [5.74, 6) is 0.422. The van der Waals surface area contributed by atoms with Crippen molar-refractivity contribution in [3.8, 4) is 0 Å². The summed E-state index contributed by atoms with van der Waals surface area (Å²) >= 11 is 0. The van der Waals surface area contributed by atoms with Crippen molar-refractivity contribution in [3.05, 3.63) is 11.6 Å². The minimum atomic E-state index is -0.128. The van der Waals surface area contributed by atoms with Crippen LogP contribution in [0.1, 0.15) is 26.7 Å². The summed E-state index contributed by atoms with van der Waals surface area (Å²) in [6, 6.07) is 0. The first-order chi connectivity index (χ1) is 5.24. The average molecular weight is 154 g/mol. The molecule has 0 heterocycles. The molecule has 0 saturated carbocycles. The zero-order valence-corrected chi connectivity index (χ0v) is 7.09. The lowest BCUT2D eigenvalue weighted by Crippen LogP contribution is -2.05. The van der Waals surface area contributed by atoms with E-state index in [2.05, 4.69) is 6.92 Å². The molecule has 0 N–H and O–H groups in total. The molecule has 0 amide bonds. The predicted octanol–water partition coefficient (Wildman–Crippen LogP) is 1.91. The summed E-state index contributed by atoms with van der Waals surface area (Å²) in [6.45, 7) is 4.42. The molecule has 0 saturated heterocycles. The molecule has 1 rings (SSSR count). The molecule has 62 valence electrons. The highest BCUT2D eigenvalue weighted by Crippen LogP contribution is 2.23. The molecule has 11 heavy (non-hydrogen) atoms. The van der Waals surface area contributed by atoms with E-state index >= 15 is 0 Å². The molecule has 0 fully saturated rings. The first kappa shape index (κ1) is 8.31. The Balaban J connectivity index is 2.48. The Hall–Kier alpha value is -0.790. The summed E-state index contributed by atoms with van der Waals surface area (Å²) in [6.07, 6.45) is 3.99. The van der Waals surface area contributed by atoms with Crippen molar-refractivity contribution < 1.29 is 9.53 Å². The average Bonchev–Trinajstić information content (AvgIpc) is 2.36. The molecule has 1 atom stereocenters. The largest absolute Gasteiger partial charge is 0.463 e. The van der Waals surface area contributed by atoms with Gasteiger partial charge in [-0.1, -0.05) is 13.0 Å². The van der Waals surface area contributed by atoms with Crippen LogP contribution in [0.4, 0.5) is 0 Å². The first-order valence-corrected chi connectivity index (χ1v) is 4.12. The van der Waals surface area contributed by atoms with Crippen LogP contribution in [0, 0.1) is 5.92 Å². The van der Waals surface area contributed by atoms with Crippen LogP contribution in [0.25, 0.3) is 0 Å². The van der Waals surface area contributed by atoms with Gasteiger partial charge in [0.15, 0.2) is 0 Å². The maximum Gasteiger partial charge on any atom is 0.333 e. The Kier molecular flexibility index (Phi) is 2.69. The highest BCUT2D eigenvalue weighted by Gasteiger charge is 2.17. The molecule has 0 spiro atoms. The third-order valence-electron chi connectivity index (χ3n) is 1.89. The lowest BCUT2D eigenvalue weighted by Gasteiger charge is -1.99. The molecule has 0 radical (unpaired) electrons. The van der Waals surface area contributed by atoms with Crippen LogP contribution < -0.4 is 0 Å². The van der Waals surface area contributed by atoms with Gasteiger partial charge < -0.3 is 4.74 Å². The lowest BCUT2D eigenvalue weighted by atomic mass is 10.2. The van der Waals surface area contributed by atoms with Crippen LogP contribution in [0.3, 0.4) is 0 Å². The van der Waals surface area contributed by atoms with E-state index < -0.39 is 0 Å². The molecule has 0 aromatic carbocycles. The van der Waals surface area contributed by atoms with Crippen molar-refractivity contribution in [3.63, 3.8) is 0 Å². The van der Waals surface area contributed by atoms with Crippen molar-refractivity contribution in [1.82, 2.24) is 0 Å². The number of hydrogen-bond donors (Lipinski definition) is 0. The molecule has 0 unspecified atom stereocenters. The normalized spacial score (nSPS) is 23.1. The monoisotopic (exact) mass is 154 g/mol. The van der Waals surface area contributed by atoms with E-state index in [-0.39, 0.29) is 5.97 Å².